The molecule has 224 valence electrons. The highest BCUT2D eigenvalue weighted by atomic mass is 35.5. The molecule has 0 spiro atoms. The second-order valence-electron chi connectivity index (χ2n) is 11.9. The lowest BCUT2D eigenvalue weighted by atomic mass is 10.0. The summed E-state index contributed by atoms with van der Waals surface area (Å²) in [7, 11) is 2.13. The maximum absolute atomic E-state index is 12.9. The molecule has 10 heteroatoms. The van der Waals surface area contributed by atoms with Gasteiger partial charge >= 0.3 is 6.01 Å². The lowest BCUT2D eigenvalue weighted by molar-refractivity contribution is -0.129. The number of nitriles is 1. The van der Waals surface area contributed by atoms with Gasteiger partial charge in [-0.1, -0.05) is 42.4 Å². The third kappa shape index (κ3) is 5.86. The van der Waals surface area contributed by atoms with E-state index in [1.54, 1.807) is 11.8 Å². The minimum atomic E-state index is -0.247. The van der Waals surface area contributed by atoms with Crippen LogP contribution >= 0.6 is 11.6 Å². The molecule has 2 atom stereocenters. The van der Waals surface area contributed by atoms with Gasteiger partial charge in [0.1, 0.15) is 12.4 Å². The highest BCUT2D eigenvalue weighted by Crippen LogP contribution is 2.37. The maximum atomic E-state index is 12.9. The summed E-state index contributed by atoms with van der Waals surface area (Å²) in [5.74, 6) is 0.749. The van der Waals surface area contributed by atoms with Gasteiger partial charge in [0.15, 0.2) is 0 Å². The molecule has 0 saturated carbocycles. The average molecular weight is 600 g/mol. The van der Waals surface area contributed by atoms with Crippen molar-refractivity contribution in [3.8, 4) is 12.1 Å². The van der Waals surface area contributed by atoms with Crippen molar-refractivity contribution in [2.24, 2.45) is 0 Å². The standard InChI is InChI=1S/C33H38ClN7O2/c1-22(2)32(42)41-18-17-40(19-24(41)12-14-35)31-26-13-16-39(29-11-5-8-23-7-4-10-27(34)30(23)29)20-28(26)36-33(37-31)43-21-25-9-6-15-38(25)3/h4-5,7-8,10-11,24-25H,1,6,9,12-13,15-21H2,2-3H3/t24-,25?/m0/s1. The van der Waals surface area contributed by atoms with Gasteiger partial charge in [0.2, 0.25) is 5.91 Å². The van der Waals surface area contributed by atoms with Gasteiger partial charge in [0.05, 0.1) is 35.8 Å². The van der Waals surface area contributed by atoms with Crippen molar-refractivity contribution >= 4 is 39.8 Å². The number of nitrogens with zero attached hydrogens (tertiary/aromatic N) is 7. The van der Waals surface area contributed by atoms with Gasteiger partial charge in [-0.25, -0.2) is 0 Å². The number of amides is 1. The van der Waals surface area contributed by atoms with Gasteiger partial charge < -0.3 is 24.3 Å². The van der Waals surface area contributed by atoms with E-state index in [4.69, 9.17) is 26.3 Å². The molecular formula is C33H38ClN7O2. The van der Waals surface area contributed by atoms with Gasteiger partial charge in [-0.15, -0.1) is 0 Å². The Hall–Kier alpha value is -3.87. The Bertz CT molecular complexity index is 1580. The van der Waals surface area contributed by atoms with Crippen LogP contribution in [0, 0.1) is 11.3 Å². The smallest absolute Gasteiger partial charge is 0.318 e. The normalized spacial score (nSPS) is 20.7. The Morgan fingerprint density at radius 1 is 1.12 bits per heavy atom. The molecule has 0 N–H and O–H groups in total. The van der Waals surface area contributed by atoms with Crippen molar-refractivity contribution in [1.29, 1.82) is 5.26 Å². The van der Waals surface area contributed by atoms with E-state index in [-0.39, 0.29) is 18.4 Å². The minimum Gasteiger partial charge on any atom is -0.462 e. The van der Waals surface area contributed by atoms with Crippen molar-refractivity contribution in [2.75, 3.05) is 56.2 Å². The quantitative estimate of drug-likeness (QED) is 0.357. The summed E-state index contributed by atoms with van der Waals surface area (Å²) in [5, 5.41) is 12.5. The zero-order chi connectivity index (χ0) is 30.1. The number of anilines is 2. The fraction of sp³-hybridized carbons (Fsp3) is 0.455. The molecule has 6 rings (SSSR count). The molecule has 3 aliphatic rings. The Labute approximate surface area is 258 Å². The lowest BCUT2D eigenvalue weighted by Gasteiger charge is -2.42. The number of piperazine rings is 1. The van der Waals surface area contributed by atoms with Crippen LogP contribution in [0.15, 0.2) is 48.6 Å². The van der Waals surface area contributed by atoms with E-state index in [0.29, 0.717) is 50.4 Å². The predicted molar refractivity (Wildman–Crippen MR) is 170 cm³/mol. The molecule has 0 aliphatic carbocycles. The van der Waals surface area contributed by atoms with Crippen molar-refractivity contribution in [3.63, 3.8) is 0 Å². The first kappa shape index (κ1) is 29.2. The molecule has 4 heterocycles. The van der Waals surface area contributed by atoms with Crippen molar-refractivity contribution in [3.05, 3.63) is 64.8 Å². The topological polar surface area (TPSA) is 88.8 Å². The van der Waals surface area contributed by atoms with E-state index in [2.05, 4.69) is 58.7 Å². The summed E-state index contributed by atoms with van der Waals surface area (Å²) in [6.45, 7) is 10.2. The lowest BCUT2D eigenvalue weighted by Crippen LogP contribution is -2.56. The number of likely N-dealkylation sites (tertiary alicyclic amines) is 1. The number of rotatable bonds is 7. The van der Waals surface area contributed by atoms with Gasteiger partial charge in [-0.05, 0) is 57.3 Å². The van der Waals surface area contributed by atoms with Gasteiger partial charge in [0, 0.05) is 54.4 Å². The van der Waals surface area contributed by atoms with Crippen LogP contribution in [0.1, 0.15) is 37.4 Å². The zero-order valence-corrected chi connectivity index (χ0v) is 25.7. The molecule has 1 unspecified atom stereocenters. The summed E-state index contributed by atoms with van der Waals surface area (Å²) < 4.78 is 6.29. The molecule has 2 saturated heterocycles. The molecule has 0 bridgehead atoms. The van der Waals surface area contributed by atoms with Crippen LogP contribution in [-0.4, -0.2) is 84.1 Å². The number of hydrogen-bond acceptors (Lipinski definition) is 8. The summed E-state index contributed by atoms with van der Waals surface area (Å²) in [5.41, 5.74) is 3.61. The molecule has 2 fully saturated rings. The molecule has 3 aromatic rings. The number of ether oxygens (including phenoxy) is 1. The van der Waals surface area contributed by atoms with E-state index in [1.165, 1.54) is 0 Å². The summed E-state index contributed by atoms with van der Waals surface area (Å²) in [6.07, 6.45) is 3.26. The van der Waals surface area contributed by atoms with Crippen LogP contribution in [0.3, 0.4) is 0 Å². The number of carbonyl (C=O) groups is 1. The minimum absolute atomic E-state index is 0.0984. The monoisotopic (exact) mass is 599 g/mol. The van der Waals surface area contributed by atoms with Crippen LogP contribution in [0.4, 0.5) is 11.5 Å². The number of halogens is 1. The Kier molecular flexibility index (Phi) is 8.42. The van der Waals surface area contributed by atoms with Crippen LogP contribution < -0.4 is 14.5 Å². The number of carbonyl (C=O) groups excluding carboxylic acids is 1. The zero-order valence-electron chi connectivity index (χ0n) is 24.9. The SMILES string of the molecule is C=C(C)C(=O)N1CCN(c2nc(OCC3CCCN3C)nc3c2CCN(c2cccc4cccc(Cl)c24)C3)C[C@@H]1CC#N. The number of benzene rings is 2. The van der Waals surface area contributed by atoms with E-state index in [1.807, 2.05) is 12.1 Å². The Morgan fingerprint density at radius 3 is 2.67 bits per heavy atom. The molecule has 1 amide bonds. The Morgan fingerprint density at radius 2 is 1.93 bits per heavy atom. The molecule has 43 heavy (non-hydrogen) atoms. The fourth-order valence-corrected chi connectivity index (χ4v) is 6.94. The molecule has 3 aliphatic heterocycles. The fourth-order valence-electron chi connectivity index (χ4n) is 6.66. The second-order valence-corrected chi connectivity index (χ2v) is 12.3. The summed E-state index contributed by atoms with van der Waals surface area (Å²) in [4.78, 5) is 31.5. The van der Waals surface area contributed by atoms with Gasteiger partial charge in [0.25, 0.3) is 0 Å². The number of hydrogen-bond donors (Lipinski definition) is 0. The highest BCUT2D eigenvalue weighted by Gasteiger charge is 2.34. The second kappa shape index (κ2) is 12.4. The van der Waals surface area contributed by atoms with Crippen LogP contribution in [-0.2, 0) is 17.8 Å². The van der Waals surface area contributed by atoms with Crippen molar-refractivity contribution < 1.29 is 9.53 Å². The van der Waals surface area contributed by atoms with E-state index >= 15 is 0 Å². The van der Waals surface area contributed by atoms with E-state index in [0.717, 1.165) is 70.9 Å². The first-order chi connectivity index (χ1) is 20.8. The number of fused-ring (bicyclic) bond motifs is 2. The van der Waals surface area contributed by atoms with E-state index < -0.39 is 0 Å². The molecule has 1 aromatic heterocycles. The highest BCUT2D eigenvalue weighted by molar-refractivity contribution is 6.36. The van der Waals surface area contributed by atoms with Gasteiger partial charge in [-0.3, -0.25) is 4.79 Å². The summed E-state index contributed by atoms with van der Waals surface area (Å²) >= 11 is 6.70. The average Bonchev–Trinajstić information content (AvgIpc) is 3.43. The molecule has 9 nitrogen and oxygen atoms in total. The van der Waals surface area contributed by atoms with E-state index in [9.17, 15) is 10.1 Å². The number of likely N-dealkylation sites (N-methyl/N-ethyl adjacent to an activating group) is 1. The summed E-state index contributed by atoms with van der Waals surface area (Å²) in [6, 6.07) is 15.0. The largest absolute Gasteiger partial charge is 0.462 e. The van der Waals surface area contributed by atoms with Crippen LogP contribution in [0.25, 0.3) is 10.8 Å². The molecule has 0 radical (unpaired) electrons. The van der Waals surface area contributed by atoms with Crippen LogP contribution in [0.5, 0.6) is 6.01 Å². The van der Waals surface area contributed by atoms with Gasteiger partial charge in [-0.2, -0.15) is 15.2 Å². The molecule has 2 aromatic carbocycles. The van der Waals surface area contributed by atoms with Crippen LogP contribution in [0.2, 0.25) is 5.02 Å². The number of aromatic nitrogens is 2. The predicted octanol–water partition coefficient (Wildman–Crippen LogP) is 4.83. The third-order valence-electron chi connectivity index (χ3n) is 9.01. The third-order valence-corrected chi connectivity index (χ3v) is 9.32. The Balaban J connectivity index is 1.34. The molecular weight excluding hydrogens is 562 g/mol. The van der Waals surface area contributed by atoms with Crippen molar-refractivity contribution in [2.45, 2.75) is 51.2 Å². The van der Waals surface area contributed by atoms with Crippen molar-refractivity contribution in [1.82, 2.24) is 19.8 Å². The maximum Gasteiger partial charge on any atom is 0.318 e. The first-order valence-corrected chi connectivity index (χ1v) is 15.4. The first-order valence-electron chi connectivity index (χ1n) is 15.1.